The molecule has 0 aromatic heterocycles. The monoisotopic (exact) mass is 418 g/mol. The van der Waals surface area contributed by atoms with Crippen LogP contribution in [0.3, 0.4) is 0 Å². The van der Waals surface area contributed by atoms with Crippen molar-refractivity contribution in [3.05, 3.63) is 93.7 Å². The van der Waals surface area contributed by atoms with Crippen molar-refractivity contribution in [1.29, 1.82) is 0 Å². The summed E-state index contributed by atoms with van der Waals surface area (Å²) in [6.07, 6.45) is 0. The first kappa shape index (κ1) is 18.3. The Kier molecular flexibility index (Phi) is 5.50. The zero-order valence-corrected chi connectivity index (χ0v) is 15.7. The Balaban J connectivity index is 0.00000104. The summed E-state index contributed by atoms with van der Waals surface area (Å²) in [7, 11) is 0. The molecule has 0 amide bonds. The van der Waals surface area contributed by atoms with Crippen LogP contribution >= 0.6 is 0 Å². The van der Waals surface area contributed by atoms with Crippen molar-refractivity contribution < 1.29 is 1.43 Å². The number of hydrogen-bond acceptors (Lipinski definition) is 0. The fourth-order valence-electron chi connectivity index (χ4n) is 3.22. The van der Waals surface area contributed by atoms with Gasteiger partial charge in [0, 0.05) is 25.3 Å². The molecule has 0 heterocycles. The summed E-state index contributed by atoms with van der Waals surface area (Å²) < 4.78 is 0. The van der Waals surface area contributed by atoms with E-state index in [0.29, 0.717) is 0 Å². The second-order valence-corrected chi connectivity index (χ2v) is 5.64. The van der Waals surface area contributed by atoms with Crippen LogP contribution in [0.2, 0.25) is 0 Å². The van der Waals surface area contributed by atoms with Crippen molar-refractivity contribution in [1.82, 2.24) is 0 Å². The topological polar surface area (TPSA) is 0 Å². The summed E-state index contributed by atoms with van der Waals surface area (Å²) in [4.78, 5) is 0. The molecule has 4 radical (unpaired) electrons. The van der Waals surface area contributed by atoms with E-state index in [0.717, 1.165) is 10.4 Å². The molecule has 0 atom stereocenters. The van der Waals surface area contributed by atoms with Gasteiger partial charge in [-0.3, -0.25) is 0 Å². The second-order valence-electron chi connectivity index (χ2n) is 5.64. The van der Waals surface area contributed by atoms with Gasteiger partial charge in [-0.25, -0.2) is 0 Å². The maximum absolute atomic E-state index is 4.27. The van der Waals surface area contributed by atoms with Crippen LogP contribution < -0.4 is 10.4 Å². The molecule has 118 valence electrons. The van der Waals surface area contributed by atoms with Crippen molar-refractivity contribution in [2.24, 2.45) is 0 Å². The number of hydrogen-bond donors (Lipinski definition) is 0. The molecule has 4 aromatic carbocycles. The van der Waals surface area contributed by atoms with Gasteiger partial charge in [-0.05, 0) is 42.4 Å². The Morgan fingerprint density at radius 2 is 0.917 bits per heavy atom. The maximum Gasteiger partial charge on any atom is 0 e. The molecule has 4 rings (SSSR count). The largest absolute Gasteiger partial charge is 0.0911 e. The Morgan fingerprint density at radius 1 is 0.542 bits per heavy atom. The average Bonchev–Trinajstić information content (AvgIpc) is 2.56. The summed E-state index contributed by atoms with van der Waals surface area (Å²) in [6, 6.07) is 25.4. The van der Waals surface area contributed by atoms with Crippen molar-refractivity contribution >= 4 is 58.6 Å². The molecule has 0 aliphatic heterocycles. The molecule has 0 spiro atoms. The van der Waals surface area contributed by atoms with Gasteiger partial charge in [0.1, 0.15) is 0 Å². The zero-order chi connectivity index (χ0) is 15.1. The van der Waals surface area contributed by atoms with Crippen molar-refractivity contribution in [2.45, 2.75) is 7.43 Å². The summed E-state index contributed by atoms with van der Waals surface area (Å²) in [6.45, 7) is 8.53. The van der Waals surface area contributed by atoms with E-state index in [2.05, 4.69) is 86.0 Å². The van der Waals surface area contributed by atoms with Gasteiger partial charge in [-0.1, -0.05) is 93.4 Å². The number of benzene rings is 4. The predicted octanol–water partition coefficient (Wildman–Crippen LogP) is 4.60. The van der Waals surface area contributed by atoms with Gasteiger partial charge < -0.3 is 0 Å². The molecule has 0 aliphatic carbocycles. The van der Waals surface area contributed by atoms with E-state index in [1.807, 2.05) is 0 Å². The van der Waals surface area contributed by atoms with Crippen molar-refractivity contribution in [3.63, 3.8) is 0 Å². The molecule has 0 N–H and O–H groups in total. The van der Waals surface area contributed by atoms with E-state index in [4.69, 9.17) is 0 Å². The number of rotatable bonds is 0. The average molecular weight is 417 g/mol. The third-order valence-electron chi connectivity index (χ3n) is 4.28. The molecule has 4 aromatic rings. The first-order chi connectivity index (χ1) is 10.8. The molecule has 0 nitrogen and oxygen atoms in total. The van der Waals surface area contributed by atoms with Crippen LogP contribution in [0.4, 0.5) is 0 Å². The van der Waals surface area contributed by atoms with Crippen LogP contribution in [-0.2, 0) is 0 Å². The quantitative estimate of drug-likeness (QED) is 0.367. The van der Waals surface area contributed by atoms with Gasteiger partial charge >= 0.3 is 0 Å². The smallest absolute Gasteiger partial charge is 0 e. The van der Waals surface area contributed by atoms with Crippen molar-refractivity contribution in [2.75, 3.05) is 0 Å². The van der Waals surface area contributed by atoms with Gasteiger partial charge in [-0.2, -0.15) is 0 Å². The van der Waals surface area contributed by atoms with E-state index in [-0.39, 0.29) is 32.8 Å². The SMILES string of the molecule is C.C=c1ccc2ccccc2c1=c1c(=C)ccc2ccccc12.[HH].[Sn]. The summed E-state index contributed by atoms with van der Waals surface area (Å²) in [5.74, 6) is 0. The molecule has 1 heteroatoms. The maximum atomic E-state index is 4.27. The Morgan fingerprint density at radius 3 is 1.33 bits per heavy atom. The number of fused-ring (bicyclic) bond motifs is 2. The Hall–Kier alpha value is -2.06. The molecule has 0 saturated carbocycles. The third-order valence-corrected chi connectivity index (χ3v) is 4.28. The van der Waals surface area contributed by atoms with Gasteiger partial charge in [0.15, 0.2) is 0 Å². The Bertz CT molecular complexity index is 1120. The standard InChI is InChI=1S/C22H16.CH4.Sn.H2/c1-15-11-13-17-7-3-5-9-19(17)21(15)22-16(2)12-14-18-8-4-6-10-20(18)22;;;/h3-14H,1-2H2;1H4;;1H. The van der Waals surface area contributed by atoms with Gasteiger partial charge in [0.05, 0.1) is 0 Å². The molecule has 0 saturated heterocycles. The zero-order valence-electron chi connectivity index (χ0n) is 12.8. The molecular weight excluding hydrogens is 395 g/mol. The first-order valence-corrected chi connectivity index (χ1v) is 7.43. The van der Waals surface area contributed by atoms with Crippen LogP contribution in [0, 0.1) is 10.4 Å². The molecule has 0 fully saturated rings. The van der Waals surface area contributed by atoms with Crippen LogP contribution in [0.25, 0.3) is 34.7 Å². The van der Waals surface area contributed by atoms with Gasteiger partial charge in [0.2, 0.25) is 0 Å². The summed E-state index contributed by atoms with van der Waals surface area (Å²) in [5.41, 5.74) is 0. The predicted molar refractivity (Wildman–Crippen MR) is 110 cm³/mol. The second kappa shape index (κ2) is 7.23. The van der Waals surface area contributed by atoms with Crippen LogP contribution in [0.15, 0.2) is 72.8 Å². The van der Waals surface area contributed by atoms with E-state index >= 15 is 0 Å². The van der Waals surface area contributed by atoms with Gasteiger partial charge in [0.25, 0.3) is 0 Å². The minimum atomic E-state index is 0. The van der Waals surface area contributed by atoms with E-state index in [1.165, 1.54) is 32.0 Å². The summed E-state index contributed by atoms with van der Waals surface area (Å²) in [5, 5.41) is 9.40. The minimum absolute atomic E-state index is 0. The fourth-order valence-corrected chi connectivity index (χ4v) is 3.22. The third kappa shape index (κ3) is 2.87. The molecule has 0 unspecified atom stereocenters. The summed E-state index contributed by atoms with van der Waals surface area (Å²) >= 11 is 0. The van der Waals surface area contributed by atoms with E-state index in [1.54, 1.807) is 0 Å². The van der Waals surface area contributed by atoms with E-state index < -0.39 is 0 Å². The molecule has 0 aliphatic rings. The minimum Gasteiger partial charge on any atom is -0.0911 e. The van der Waals surface area contributed by atoms with Crippen LogP contribution in [0.1, 0.15) is 8.85 Å². The van der Waals surface area contributed by atoms with Gasteiger partial charge in [-0.15, -0.1) is 0 Å². The van der Waals surface area contributed by atoms with Crippen LogP contribution in [-0.4, -0.2) is 23.9 Å². The fraction of sp³-hybridized carbons (Fsp3) is 0.0435. The van der Waals surface area contributed by atoms with Crippen LogP contribution in [0.5, 0.6) is 0 Å². The van der Waals surface area contributed by atoms with Crippen molar-refractivity contribution in [3.8, 4) is 0 Å². The molecule has 0 bridgehead atoms. The Labute approximate surface area is 160 Å². The molecular formula is C23H22Sn. The van der Waals surface area contributed by atoms with E-state index in [9.17, 15) is 0 Å². The normalized spacial score (nSPS) is 11.7. The molecule has 24 heavy (non-hydrogen) atoms. The first-order valence-electron chi connectivity index (χ1n) is 7.43.